The van der Waals surface area contributed by atoms with Gasteiger partial charge in [0.15, 0.2) is 5.82 Å². The third kappa shape index (κ3) is 3.29. The molecule has 2 aromatic carbocycles. The van der Waals surface area contributed by atoms with Crippen LogP contribution in [-0.4, -0.2) is 19.9 Å². The molecule has 28 heavy (non-hydrogen) atoms. The number of aliphatic hydroxyl groups is 1. The zero-order valence-electron chi connectivity index (χ0n) is 14.3. The lowest BCUT2D eigenvalue weighted by molar-refractivity contribution is -0.137. The quantitative estimate of drug-likeness (QED) is 0.712. The molecule has 0 fully saturated rings. The van der Waals surface area contributed by atoms with E-state index in [-0.39, 0.29) is 17.1 Å². The molecule has 2 N–H and O–H groups in total. The summed E-state index contributed by atoms with van der Waals surface area (Å²) in [7, 11) is 0. The van der Waals surface area contributed by atoms with Gasteiger partial charge in [0.05, 0.1) is 16.9 Å². The van der Waals surface area contributed by atoms with Gasteiger partial charge in [0.2, 0.25) is 0 Å². The van der Waals surface area contributed by atoms with Crippen molar-refractivity contribution in [2.45, 2.75) is 6.18 Å². The average Bonchev–Trinajstić information content (AvgIpc) is 3.18. The van der Waals surface area contributed by atoms with E-state index >= 15 is 0 Å². The van der Waals surface area contributed by atoms with E-state index in [1.54, 1.807) is 0 Å². The predicted octanol–water partition coefficient (Wildman–Crippen LogP) is 4.05. The molecule has 2 heterocycles. The van der Waals surface area contributed by atoms with Gasteiger partial charge in [0.1, 0.15) is 17.8 Å². The minimum absolute atomic E-state index is 0.117. The summed E-state index contributed by atoms with van der Waals surface area (Å²) in [5.41, 5.74) is 3.31. The van der Waals surface area contributed by atoms with Gasteiger partial charge in [0, 0.05) is 12.3 Å². The van der Waals surface area contributed by atoms with Gasteiger partial charge in [-0.15, -0.1) is 0 Å². The Morgan fingerprint density at radius 2 is 1.71 bits per heavy atom. The highest BCUT2D eigenvalue weighted by Crippen LogP contribution is 2.32. The van der Waals surface area contributed by atoms with E-state index in [0.29, 0.717) is 5.82 Å². The molecule has 0 bridgehead atoms. The van der Waals surface area contributed by atoms with Gasteiger partial charge in [-0.05, 0) is 30.3 Å². The number of nitrogens with zero attached hydrogens (tertiary/aromatic N) is 4. The second-order valence-electron chi connectivity index (χ2n) is 5.94. The van der Waals surface area contributed by atoms with E-state index in [0.717, 1.165) is 17.8 Å². The fourth-order valence-corrected chi connectivity index (χ4v) is 2.76. The molecule has 0 unspecified atom stereocenters. The van der Waals surface area contributed by atoms with Gasteiger partial charge < -0.3 is 5.11 Å². The minimum atomic E-state index is -4.45. The fourth-order valence-electron chi connectivity index (χ4n) is 2.76. The molecule has 1 aliphatic heterocycles. The van der Waals surface area contributed by atoms with Crippen molar-refractivity contribution in [3.8, 4) is 5.69 Å². The molecule has 9 heteroatoms. The summed E-state index contributed by atoms with van der Waals surface area (Å²) in [5, 5.41) is 15.8. The third-order valence-electron chi connectivity index (χ3n) is 4.09. The van der Waals surface area contributed by atoms with E-state index in [1.165, 1.54) is 40.4 Å². The SMILES string of the molecule is OC1=C(c2ncnn2-c2ccccc2)NN(c2cccc(C(F)(F)F)c2)C=C1. The molecule has 4 rings (SSSR count). The highest BCUT2D eigenvalue weighted by Gasteiger charge is 2.31. The molecule has 1 aliphatic rings. The van der Waals surface area contributed by atoms with E-state index in [4.69, 9.17) is 0 Å². The number of hydrazine groups is 1. The van der Waals surface area contributed by atoms with Gasteiger partial charge in [-0.25, -0.2) is 9.67 Å². The second-order valence-corrected chi connectivity index (χ2v) is 5.94. The number of aliphatic hydroxyl groups excluding tert-OH is 1. The summed E-state index contributed by atoms with van der Waals surface area (Å²) < 4.78 is 40.5. The Balaban J connectivity index is 1.69. The Kier molecular flexibility index (Phi) is 4.26. The number of halogens is 3. The van der Waals surface area contributed by atoms with Gasteiger partial charge >= 0.3 is 6.18 Å². The lowest BCUT2D eigenvalue weighted by Crippen LogP contribution is -2.36. The molecule has 0 radical (unpaired) electrons. The highest BCUT2D eigenvalue weighted by atomic mass is 19.4. The number of para-hydroxylation sites is 1. The molecule has 0 aliphatic carbocycles. The molecular weight excluding hydrogens is 371 g/mol. The largest absolute Gasteiger partial charge is 0.506 e. The molecule has 0 saturated heterocycles. The van der Waals surface area contributed by atoms with Gasteiger partial charge in [-0.3, -0.25) is 10.4 Å². The number of alkyl halides is 3. The van der Waals surface area contributed by atoms with E-state index in [2.05, 4.69) is 15.5 Å². The zero-order chi connectivity index (χ0) is 19.7. The van der Waals surface area contributed by atoms with Crippen molar-refractivity contribution in [3.63, 3.8) is 0 Å². The van der Waals surface area contributed by atoms with Crippen molar-refractivity contribution in [2.24, 2.45) is 0 Å². The summed E-state index contributed by atoms with van der Waals surface area (Å²) >= 11 is 0. The van der Waals surface area contributed by atoms with E-state index in [9.17, 15) is 18.3 Å². The summed E-state index contributed by atoms with van der Waals surface area (Å²) in [4.78, 5) is 4.18. The van der Waals surface area contributed by atoms with Crippen LogP contribution in [0.4, 0.5) is 18.9 Å². The number of allylic oxidation sites excluding steroid dienone is 1. The van der Waals surface area contributed by atoms with Crippen molar-refractivity contribution in [1.82, 2.24) is 20.2 Å². The van der Waals surface area contributed by atoms with Crippen LogP contribution in [0.1, 0.15) is 11.4 Å². The Bertz CT molecular complexity index is 1060. The first kappa shape index (κ1) is 17.7. The van der Waals surface area contributed by atoms with Crippen molar-refractivity contribution in [1.29, 1.82) is 0 Å². The van der Waals surface area contributed by atoms with Crippen molar-refractivity contribution >= 4 is 11.4 Å². The molecule has 6 nitrogen and oxygen atoms in total. The first-order chi connectivity index (χ1) is 13.4. The monoisotopic (exact) mass is 385 g/mol. The number of hydrogen-bond donors (Lipinski definition) is 2. The topological polar surface area (TPSA) is 66.2 Å². The highest BCUT2D eigenvalue weighted by molar-refractivity contribution is 5.69. The molecule has 0 atom stereocenters. The Labute approximate surface area is 157 Å². The van der Waals surface area contributed by atoms with Crippen LogP contribution in [0.2, 0.25) is 0 Å². The smallest absolute Gasteiger partial charge is 0.416 e. The van der Waals surface area contributed by atoms with E-state index < -0.39 is 11.7 Å². The van der Waals surface area contributed by atoms with Crippen LogP contribution in [0.5, 0.6) is 0 Å². The number of nitrogens with one attached hydrogen (secondary N) is 1. The molecule has 3 aromatic rings. The lowest BCUT2D eigenvalue weighted by Gasteiger charge is -2.28. The standard InChI is InChI=1S/C19H14F3N5O/c20-19(21,22)13-5-4-8-15(11-13)26-10-9-16(28)17(25-26)18-23-12-24-27(18)14-6-2-1-3-7-14/h1-12,25,28H. The van der Waals surface area contributed by atoms with E-state index in [1.807, 2.05) is 30.3 Å². The summed E-state index contributed by atoms with van der Waals surface area (Å²) in [6.07, 6.45) is -0.325. The zero-order valence-corrected chi connectivity index (χ0v) is 14.3. The number of rotatable bonds is 3. The van der Waals surface area contributed by atoms with Gasteiger partial charge in [-0.1, -0.05) is 24.3 Å². The second kappa shape index (κ2) is 6.76. The van der Waals surface area contributed by atoms with Crippen LogP contribution in [0.3, 0.4) is 0 Å². The Hall–Kier alpha value is -3.75. The molecule has 0 amide bonds. The van der Waals surface area contributed by atoms with Crippen molar-refractivity contribution < 1.29 is 18.3 Å². The van der Waals surface area contributed by atoms with Gasteiger partial charge in [0.25, 0.3) is 0 Å². The van der Waals surface area contributed by atoms with Crippen molar-refractivity contribution in [2.75, 3.05) is 5.01 Å². The Morgan fingerprint density at radius 1 is 0.964 bits per heavy atom. The number of benzene rings is 2. The summed E-state index contributed by atoms with van der Waals surface area (Å²) in [6.45, 7) is 0. The fraction of sp³-hybridized carbons (Fsp3) is 0.0526. The average molecular weight is 385 g/mol. The van der Waals surface area contributed by atoms with Crippen LogP contribution in [0.25, 0.3) is 11.4 Å². The predicted molar refractivity (Wildman–Crippen MR) is 97.1 cm³/mol. The van der Waals surface area contributed by atoms with Crippen LogP contribution in [0.15, 0.2) is 79.0 Å². The molecule has 1 aromatic heterocycles. The maximum absolute atomic E-state index is 13.0. The van der Waals surface area contributed by atoms with Crippen LogP contribution in [0, 0.1) is 0 Å². The maximum Gasteiger partial charge on any atom is 0.416 e. The maximum atomic E-state index is 13.0. The summed E-state index contributed by atoms with van der Waals surface area (Å²) in [6, 6.07) is 14.0. The molecular formula is C19H14F3N5O. The number of anilines is 1. The number of hydrogen-bond acceptors (Lipinski definition) is 5. The lowest BCUT2D eigenvalue weighted by atomic mass is 10.2. The van der Waals surface area contributed by atoms with Crippen LogP contribution >= 0.6 is 0 Å². The first-order valence-electron chi connectivity index (χ1n) is 8.24. The minimum Gasteiger partial charge on any atom is -0.506 e. The third-order valence-corrected chi connectivity index (χ3v) is 4.09. The Morgan fingerprint density at radius 3 is 2.46 bits per heavy atom. The van der Waals surface area contributed by atoms with Gasteiger partial charge in [-0.2, -0.15) is 18.3 Å². The van der Waals surface area contributed by atoms with Crippen molar-refractivity contribution in [3.05, 3.63) is 90.3 Å². The molecule has 0 saturated carbocycles. The normalized spacial score (nSPS) is 14.3. The molecule has 0 spiro atoms. The molecule has 142 valence electrons. The van der Waals surface area contributed by atoms with Crippen LogP contribution < -0.4 is 10.4 Å². The first-order valence-corrected chi connectivity index (χ1v) is 8.24. The summed E-state index contributed by atoms with van der Waals surface area (Å²) in [5.74, 6) is 0.193. The number of aromatic nitrogens is 3. The van der Waals surface area contributed by atoms with Crippen LogP contribution in [-0.2, 0) is 6.18 Å².